The molecule has 5 rings (SSSR count). The fraction of sp³-hybridized carbons (Fsp3) is 0.276. The van der Waals surface area contributed by atoms with E-state index in [1.807, 2.05) is 0 Å². The summed E-state index contributed by atoms with van der Waals surface area (Å²) < 4.78 is 49.4. The molecule has 2 aromatic heterocycles. The van der Waals surface area contributed by atoms with Crippen molar-refractivity contribution in [2.45, 2.75) is 39.2 Å². The number of thiophene rings is 1. The number of nitriles is 1. The van der Waals surface area contributed by atoms with Gasteiger partial charge in [0.05, 0.1) is 26.8 Å². The molecule has 2 N–H and O–H groups in total. The first-order valence-electron chi connectivity index (χ1n) is 12.8. The summed E-state index contributed by atoms with van der Waals surface area (Å²) in [7, 11) is -2.02. The fourth-order valence-electron chi connectivity index (χ4n) is 4.54. The highest BCUT2D eigenvalue weighted by atomic mass is 32.2. The number of sulfonamides is 1. The molecule has 1 saturated carbocycles. The van der Waals surface area contributed by atoms with Crippen LogP contribution >= 0.6 is 11.3 Å². The van der Waals surface area contributed by atoms with Gasteiger partial charge in [-0.15, -0.1) is 11.3 Å². The van der Waals surface area contributed by atoms with E-state index in [-0.39, 0.29) is 21.9 Å². The molecule has 0 saturated heterocycles. The van der Waals surface area contributed by atoms with Crippen molar-refractivity contribution in [1.29, 1.82) is 5.26 Å². The number of hydrogen-bond acceptors (Lipinski definition) is 7. The van der Waals surface area contributed by atoms with Crippen LogP contribution in [-0.4, -0.2) is 30.2 Å². The number of rotatable bonds is 8. The molecule has 4 aromatic rings. The Morgan fingerprint density at radius 2 is 1.85 bits per heavy atom. The minimum atomic E-state index is -3.60. The average molecular weight is 595 g/mol. The molecule has 2 aromatic carbocycles. The van der Waals surface area contributed by atoms with Crippen LogP contribution in [0.25, 0.3) is 21.2 Å². The number of nitrogens with zero attached hydrogens (tertiary/aromatic N) is 2. The van der Waals surface area contributed by atoms with Gasteiger partial charge >= 0.3 is 0 Å². The quantitative estimate of drug-likeness (QED) is 0.282. The van der Waals surface area contributed by atoms with E-state index in [0.29, 0.717) is 56.7 Å². The van der Waals surface area contributed by atoms with E-state index >= 15 is 0 Å². The van der Waals surface area contributed by atoms with Gasteiger partial charge in [-0.1, -0.05) is 0 Å². The molecular formula is C29H27FN4O5S2. The summed E-state index contributed by atoms with van der Waals surface area (Å²) in [6.07, 6.45) is 2.73. The lowest BCUT2D eigenvalue weighted by molar-refractivity contribution is 0.0945. The Morgan fingerprint density at radius 1 is 1.17 bits per heavy atom. The first-order chi connectivity index (χ1) is 19.3. The maximum absolute atomic E-state index is 14.0. The maximum atomic E-state index is 14.0. The lowest BCUT2D eigenvalue weighted by Gasteiger charge is -2.18. The highest BCUT2D eigenvalue weighted by molar-refractivity contribution is 7.92. The van der Waals surface area contributed by atoms with E-state index in [0.717, 1.165) is 11.3 Å². The molecule has 0 spiro atoms. The number of carbonyl (C=O) groups is 1. The normalized spacial score (nSPS) is 14.0. The summed E-state index contributed by atoms with van der Waals surface area (Å²) in [4.78, 5) is 26.4. The summed E-state index contributed by atoms with van der Waals surface area (Å²) in [5, 5.41) is 12.5. The minimum absolute atomic E-state index is 0.133. The van der Waals surface area contributed by atoms with Crippen LogP contribution in [0.5, 0.6) is 11.5 Å². The number of aryl methyl sites for hydroxylation is 3. The second kappa shape index (κ2) is 10.3. The number of anilines is 1. The van der Waals surface area contributed by atoms with Crippen molar-refractivity contribution in [3.8, 4) is 28.7 Å². The Hall–Kier alpha value is -4.21. The predicted molar refractivity (Wildman–Crippen MR) is 157 cm³/mol. The molecule has 0 bridgehead atoms. The molecule has 12 heteroatoms. The van der Waals surface area contributed by atoms with Crippen LogP contribution in [0.2, 0.25) is 0 Å². The smallest absolute Gasteiger partial charge is 0.262 e. The molecule has 41 heavy (non-hydrogen) atoms. The average Bonchev–Trinajstić information content (AvgIpc) is 3.54. The number of hydrogen-bond donors (Lipinski definition) is 2. The molecule has 212 valence electrons. The molecule has 9 nitrogen and oxygen atoms in total. The fourth-order valence-corrected chi connectivity index (χ4v) is 6.24. The first kappa shape index (κ1) is 28.3. The Morgan fingerprint density at radius 3 is 2.46 bits per heavy atom. The number of halogens is 1. The SMILES string of the molecule is CCS(=O)(=O)Nc1ccc(Oc2c(C)cc(F)cc2C)c(-c2cn(C)c(=O)c3cc(C(=O)NC4(C#N)CC4)sc23)c1. The van der Waals surface area contributed by atoms with Crippen molar-refractivity contribution >= 4 is 43.0 Å². The van der Waals surface area contributed by atoms with Crippen LogP contribution in [0.15, 0.2) is 47.4 Å². The van der Waals surface area contributed by atoms with Gasteiger partial charge in [0.15, 0.2) is 0 Å². The van der Waals surface area contributed by atoms with Crippen molar-refractivity contribution < 1.29 is 22.3 Å². The number of ether oxygens (including phenoxy) is 1. The van der Waals surface area contributed by atoms with Crippen LogP contribution < -0.4 is 20.3 Å². The number of amides is 1. The molecule has 0 atom stereocenters. The maximum Gasteiger partial charge on any atom is 0.262 e. The van der Waals surface area contributed by atoms with Gasteiger partial charge in [0.25, 0.3) is 11.5 Å². The van der Waals surface area contributed by atoms with Crippen molar-refractivity contribution in [3.63, 3.8) is 0 Å². The lowest BCUT2D eigenvalue weighted by atomic mass is 10.0. The third-order valence-corrected chi connectivity index (χ3v) is 9.42. The van der Waals surface area contributed by atoms with Crippen LogP contribution in [0.1, 0.15) is 40.6 Å². The van der Waals surface area contributed by atoms with E-state index in [1.54, 1.807) is 45.3 Å². The highest BCUT2D eigenvalue weighted by Crippen LogP contribution is 2.42. The Bertz CT molecular complexity index is 1910. The van der Waals surface area contributed by atoms with Crippen LogP contribution in [-0.2, 0) is 17.1 Å². The minimum Gasteiger partial charge on any atom is -0.456 e. The molecular weight excluding hydrogens is 567 g/mol. The number of pyridine rings is 1. The van der Waals surface area contributed by atoms with Gasteiger partial charge in [-0.05, 0) is 81.1 Å². The van der Waals surface area contributed by atoms with Crippen molar-refractivity contribution in [3.05, 3.63) is 74.8 Å². The molecule has 0 aliphatic heterocycles. The van der Waals surface area contributed by atoms with E-state index in [4.69, 9.17) is 4.74 Å². The summed E-state index contributed by atoms with van der Waals surface area (Å²) in [5.41, 5.74) is 1.19. The summed E-state index contributed by atoms with van der Waals surface area (Å²) in [5.74, 6) is -0.204. The number of fused-ring (bicyclic) bond motifs is 1. The Balaban J connectivity index is 1.70. The topological polar surface area (TPSA) is 130 Å². The van der Waals surface area contributed by atoms with Gasteiger partial charge in [0.2, 0.25) is 10.0 Å². The summed E-state index contributed by atoms with van der Waals surface area (Å²) in [6, 6.07) is 11.1. The molecule has 0 unspecified atom stereocenters. The standard InChI is InChI=1S/C29H27FN4O5S2/c1-5-41(37,38)33-19-6-7-23(39-25-16(2)10-18(30)11-17(25)3)20(12-19)22-14-34(4)28(36)21-13-24(40-26(21)22)27(35)32-29(15-31)8-9-29/h6-7,10-14,33H,5,8-9H2,1-4H3,(H,32,35). The van der Waals surface area contributed by atoms with Crippen molar-refractivity contribution in [2.24, 2.45) is 7.05 Å². The number of nitrogens with one attached hydrogen (secondary N) is 2. The van der Waals surface area contributed by atoms with Gasteiger partial charge in [0, 0.05) is 30.1 Å². The second-order valence-corrected chi connectivity index (χ2v) is 13.2. The first-order valence-corrected chi connectivity index (χ1v) is 15.3. The van der Waals surface area contributed by atoms with E-state index < -0.39 is 27.3 Å². The molecule has 1 aliphatic rings. The predicted octanol–water partition coefficient (Wildman–Crippen LogP) is 5.36. The molecule has 1 aliphatic carbocycles. The van der Waals surface area contributed by atoms with Crippen molar-refractivity contribution in [1.82, 2.24) is 9.88 Å². The zero-order valence-electron chi connectivity index (χ0n) is 22.8. The van der Waals surface area contributed by atoms with Crippen LogP contribution in [0, 0.1) is 31.0 Å². The summed E-state index contributed by atoms with van der Waals surface area (Å²) >= 11 is 1.10. The molecule has 1 amide bonds. The van der Waals surface area contributed by atoms with Gasteiger partial charge in [-0.25, -0.2) is 12.8 Å². The molecule has 0 radical (unpaired) electrons. The summed E-state index contributed by atoms with van der Waals surface area (Å²) in [6.45, 7) is 4.96. The Kier molecular flexibility index (Phi) is 7.13. The Labute approximate surface area is 240 Å². The largest absolute Gasteiger partial charge is 0.456 e. The van der Waals surface area contributed by atoms with Crippen LogP contribution in [0.4, 0.5) is 10.1 Å². The van der Waals surface area contributed by atoms with E-state index in [1.165, 1.54) is 29.7 Å². The molecule has 1 fully saturated rings. The number of aromatic nitrogens is 1. The zero-order valence-corrected chi connectivity index (χ0v) is 24.4. The van der Waals surface area contributed by atoms with E-state index in [9.17, 15) is 27.7 Å². The highest BCUT2D eigenvalue weighted by Gasteiger charge is 2.45. The third kappa shape index (κ3) is 5.55. The third-order valence-electron chi connectivity index (χ3n) is 6.95. The van der Waals surface area contributed by atoms with E-state index in [2.05, 4.69) is 16.1 Å². The van der Waals surface area contributed by atoms with Gasteiger partial charge in [0.1, 0.15) is 22.9 Å². The lowest BCUT2D eigenvalue weighted by Crippen LogP contribution is -2.35. The number of benzene rings is 2. The zero-order chi connectivity index (χ0) is 29.7. The monoisotopic (exact) mass is 594 g/mol. The molecule has 2 heterocycles. The number of carbonyl (C=O) groups excluding carboxylic acids is 1. The second-order valence-electron chi connectivity index (χ2n) is 10.1. The van der Waals surface area contributed by atoms with Gasteiger partial charge in [-0.3, -0.25) is 14.3 Å². The van der Waals surface area contributed by atoms with Gasteiger partial charge in [-0.2, -0.15) is 5.26 Å². The van der Waals surface area contributed by atoms with Gasteiger partial charge < -0.3 is 14.6 Å². The van der Waals surface area contributed by atoms with Crippen LogP contribution in [0.3, 0.4) is 0 Å². The van der Waals surface area contributed by atoms with Crippen molar-refractivity contribution in [2.75, 3.05) is 10.5 Å².